The summed E-state index contributed by atoms with van der Waals surface area (Å²) in [6.07, 6.45) is 0.685. The van der Waals surface area contributed by atoms with Gasteiger partial charge < -0.3 is 15.2 Å². The maximum absolute atomic E-state index is 13.3. The molecule has 0 saturated carbocycles. The van der Waals surface area contributed by atoms with Crippen LogP contribution in [-0.2, 0) is 9.53 Å². The number of hydrogen-bond acceptors (Lipinski definition) is 3. The summed E-state index contributed by atoms with van der Waals surface area (Å²) in [6, 6.07) is 3.83. The SMILES string of the molecule is O=C(NCC1(C(=O)O)CCOCC1)c1cc(F)cc(Br)c1. The highest BCUT2D eigenvalue weighted by atomic mass is 79.9. The largest absolute Gasteiger partial charge is 0.481 e. The molecule has 114 valence electrons. The van der Waals surface area contributed by atoms with E-state index in [1.807, 2.05) is 0 Å². The predicted octanol–water partition coefficient (Wildman–Crippen LogP) is 2.20. The minimum atomic E-state index is -1.02. The average Bonchev–Trinajstić information content (AvgIpc) is 2.44. The summed E-state index contributed by atoms with van der Waals surface area (Å²) in [7, 11) is 0. The van der Waals surface area contributed by atoms with Gasteiger partial charge in [-0.25, -0.2) is 4.39 Å². The Hall–Kier alpha value is -1.47. The molecule has 0 aromatic heterocycles. The number of nitrogens with one attached hydrogen (secondary N) is 1. The molecule has 0 spiro atoms. The number of rotatable bonds is 4. The number of carbonyl (C=O) groups is 2. The molecule has 0 radical (unpaired) electrons. The summed E-state index contributed by atoms with van der Waals surface area (Å²) < 4.78 is 18.9. The summed E-state index contributed by atoms with van der Waals surface area (Å²) in [4.78, 5) is 23.5. The lowest BCUT2D eigenvalue weighted by molar-refractivity contribution is -0.154. The Morgan fingerprint density at radius 2 is 2.00 bits per heavy atom. The van der Waals surface area contributed by atoms with Crippen LogP contribution < -0.4 is 5.32 Å². The molecule has 1 amide bonds. The second-order valence-electron chi connectivity index (χ2n) is 5.04. The molecule has 0 atom stereocenters. The van der Waals surface area contributed by atoms with Crippen LogP contribution >= 0.6 is 15.9 Å². The van der Waals surface area contributed by atoms with Crippen LogP contribution in [0.5, 0.6) is 0 Å². The van der Waals surface area contributed by atoms with Crippen molar-refractivity contribution >= 4 is 27.8 Å². The fraction of sp³-hybridized carbons (Fsp3) is 0.429. The first-order chi connectivity index (χ1) is 9.93. The van der Waals surface area contributed by atoms with Crippen molar-refractivity contribution in [1.82, 2.24) is 5.32 Å². The minimum absolute atomic E-state index is 0.00133. The minimum Gasteiger partial charge on any atom is -0.481 e. The smallest absolute Gasteiger partial charge is 0.311 e. The van der Waals surface area contributed by atoms with Gasteiger partial charge in [0, 0.05) is 29.8 Å². The Balaban J connectivity index is 2.06. The normalized spacial score (nSPS) is 17.2. The fourth-order valence-corrected chi connectivity index (χ4v) is 2.73. The molecular weight excluding hydrogens is 345 g/mol. The molecule has 0 bridgehead atoms. The molecule has 1 aromatic carbocycles. The van der Waals surface area contributed by atoms with E-state index in [2.05, 4.69) is 21.2 Å². The van der Waals surface area contributed by atoms with E-state index in [9.17, 15) is 19.1 Å². The van der Waals surface area contributed by atoms with Crippen LogP contribution in [0.2, 0.25) is 0 Å². The summed E-state index contributed by atoms with van der Waals surface area (Å²) in [5, 5.41) is 12.0. The lowest BCUT2D eigenvalue weighted by Crippen LogP contribution is -2.46. The van der Waals surface area contributed by atoms with Crippen molar-refractivity contribution in [1.29, 1.82) is 0 Å². The molecule has 5 nitrogen and oxygen atoms in total. The molecule has 1 aliphatic heterocycles. The summed E-state index contributed by atoms with van der Waals surface area (Å²) in [5.41, 5.74) is -0.868. The number of aliphatic carboxylic acids is 1. The van der Waals surface area contributed by atoms with Crippen LogP contribution in [0.15, 0.2) is 22.7 Å². The van der Waals surface area contributed by atoms with E-state index in [0.29, 0.717) is 30.5 Å². The topological polar surface area (TPSA) is 75.6 Å². The van der Waals surface area contributed by atoms with Gasteiger partial charge in [0.1, 0.15) is 5.82 Å². The van der Waals surface area contributed by atoms with Gasteiger partial charge in [-0.2, -0.15) is 0 Å². The van der Waals surface area contributed by atoms with Gasteiger partial charge >= 0.3 is 5.97 Å². The number of carboxylic acid groups (broad SMARTS) is 1. The van der Waals surface area contributed by atoms with Gasteiger partial charge in [-0.1, -0.05) is 15.9 Å². The van der Waals surface area contributed by atoms with Gasteiger partial charge in [-0.15, -0.1) is 0 Å². The maximum atomic E-state index is 13.3. The van der Waals surface area contributed by atoms with Crippen LogP contribution in [0, 0.1) is 11.2 Å². The molecule has 21 heavy (non-hydrogen) atoms. The first-order valence-corrected chi connectivity index (χ1v) is 7.28. The van der Waals surface area contributed by atoms with Crippen molar-refractivity contribution in [2.45, 2.75) is 12.8 Å². The standard InChI is InChI=1S/C14H15BrFNO4/c15-10-5-9(6-11(16)7-10)12(18)17-8-14(13(19)20)1-3-21-4-2-14/h5-7H,1-4,8H2,(H,17,18)(H,19,20). The first kappa shape index (κ1) is 15.9. The van der Waals surface area contributed by atoms with Gasteiger partial charge in [-0.05, 0) is 31.0 Å². The lowest BCUT2D eigenvalue weighted by atomic mass is 9.80. The van der Waals surface area contributed by atoms with Gasteiger partial charge in [0.25, 0.3) is 5.91 Å². The number of benzene rings is 1. The van der Waals surface area contributed by atoms with Crippen molar-refractivity contribution in [3.8, 4) is 0 Å². The van der Waals surface area contributed by atoms with Gasteiger partial charge in [-0.3, -0.25) is 9.59 Å². The molecular formula is C14H15BrFNO4. The molecule has 1 aliphatic rings. The van der Waals surface area contributed by atoms with E-state index < -0.39 is 23.1 Å². The van der Waals surface area contributed by atoms with E-state index >= 15 is 0 Å². The van der Waals surface area contributed by atoms with Crippen LogP contribution in [-0.4, -0.2) is 36.7 Å². The van der Waals surface area contributed by atoms with Crippen LogP contribution in [0.4, 0.5) is 4.39 Å². The fourth-order valence-electron chi connectivity index (χ4n) is 2.26. The van der Waals surface area contributed by atoms with E-state index in [1.54, 1.807) is 0 Å². The van der Waals surface area contributed by atoms with Gasteiger partial charge in [0.15, 0.2) is 0 Å². The molecule has 2 rings (SSSR count). The Kier molecular flexibility index (Phi) is 4.95. The highest BCUT2D eigenvalue weighted by Crippen LogP contribution is 2.30. The van der Waals surface area contributed by atoms with Crippen molar-refractivity contribution in [3.05, 3.63) is 34.1 Å². The second-order valence-corrected chi connectivity index (χ2v) is 5.95. The zero-order valence-electron chi connectivity index (χ0n) is 11.2. The van der Waals surface area contributed by atoms with E-state index in [1.165, 1.54) is 12.1 Å². The molecule has 1 heterocycles. The van der Waals surface area contributed by atoms with Crippen LogP contribution in [0.1, 0.15) is 23.2 Å². The summed E-state index contributed by atoms with van der Waals surface area (Å²) in [5.74, 6) is -1.98. The zero-order chi connectivity index (χ0) is 15.5. The second kappa shape index (κ2) is 6.53. The van der Waals surface area contributed by atoms with Crippen molar-refractivity contribution in [2.24, 2.45) is 5.41 Å². The Bertz CT molecular complexity index is 538. The summed E-state index contributed by atoms with van der Waals surface area (Å²) in [6.45, 7) is 0.708. The monoisotopic (exact) mass is 359 g/mol. The zero-order valence-corrected chi connectivity index (χ0v) is 12.8. The van der Waals surface area contributed by atoms with Crippen molar-refractivity contribution in [2.75, 3.05) is 19.8 Å². The van der Waals surface area contributed by atoms with Gasteiger partial charge in [0.05, 0.1) is 5.41 Å². The Morgan fingerprint density at radius 1 is 1.33 bits per heavy atom. The Labute approximate surface area is 129 Å². The van der Waals surface area contributed by atoms with Crippen LogP contribution in [0.25, 0.3) is 0 Å². The average molecular weight is 360 g/mol. The summed E-state index contributed by atoms with van der Waals surface area (Å²) >= 11 is 3.11. The highest BCUT2D eigenvalue weighted by molar-refractivity contribution is 9.10. The number of amides is 1. The molecule has 1 saturated heterocycles. The molecule has 0 aliphatic carbocycles. The third kappa shape index (κ3) is 3.79. The molecule has 1 aromatic rings. The third-order valence-electron chi connectivity index (χ3n) is 3.62. The van der Waals surface area contributed by atoms with E-state index in [0.717, 1.165) is 6.07 Å². The first-order valence-electron chi connectivity index (χ1n) is 6.48. The highest BCUT2D eigenvalue weighted by Gasteiger charge is 2.40. The van der Waals surface area contributed by atoms with Crippen LogP contribution in [0.3, 0.4) is 0 Å². The van der Waals surface area contributed by atoms with Gasteiger partial charge in [0.2, 0.25) is 0 Å². The number of carboxylic acids is 1. The Morgan fingerprint density at radius 3 is 2.57 bits per heavy atom. The number of ether oxygens (including phenoxy) is 1. The predicted molar refractivity (Wildman–Crippen MR) is 76.6 cm³/mol. The molecule has 7 heteroatoms. The molecule has 1 fully saturated rings. The third-order valence-corrected chi connectivity index (χ3v) is 4.07. The quantitative estimate of drug-likeness (QED) is 0.863. The van der Waals surface area contributed by atoms with E-state index in [-0.39, 0.29) is 12.1 Å². The number of carbonyl (C=O) groups excluding carboxylic acids is 1. The lowest BCUT2D eigenvalue weighted by Gasteiger charge is -2.33. The maximum Gasteiger partial charge on any atom is 0.311 e. The van der Waals surface area contributed by atoms with Crippen molar-refractivity contribution < 1.29 is 23.8 Å². The molecule has 0 unspecified atom stereocenters. The van der Waals surface area contributed by atoms with Crippen molar-refractivity contribution in [3.63, 3.8) is 0 Å². The van der Waals surface area contributed by atoms with E-state index in [4.69, 9.17) is 4.74 Å². The number of hydrogen-bond donors (Lipinski definition) is 2. The molecule has 2 N–H and O–H groups in total. The number of halogens is 2.